The Balaban J connectivity index is 1.70. The number of likely N-dealkylation sites (tertiary alicyclic amines) is 1. The summed E-state index contributed by atoms with van der Waals surface area (Å²) in [4.78, 5) is 30.3. The van der Waals surface area contributed by atoms with Crippen molar-refractivity contribution < 1.29 is 9.59 Å². The summed E-state index contributed by atoms with van der Waals surface area (Å²) in [6, 6.07) is -0.0538. The molecule has 2 fully saturated rings. The Morgan fingerprint density at radius 1 is 1.40 bits per heavy atom. The Hall–Kier alpha value is -1.92. The normalized spacial score (nSPS) is 22.1. The molecule has 0 bridgehead atoms. The molecule has 3 rings (SSSR count). The second-order valence-corrected chi connectivity index (χ2v) is 5.40. The van der Waals surface area contributed by atoms with Crippen LogP contribution in [0.3, 0.4) is 0 Å². The highest BCUT2D eigenvalue weighted by molar-refractivity contribution is 5.95. The van der Waals surface area contributed by atoms with E-state index >= 15 is 0 Å². The standard InChI is InChI=1S/C13H19N5O2/c1-2-10-15-11(17-16-10)13(20)18-7-3-4-9(18)12(19)14-8-5-6-8/h8-9H,2-7H2,1H3,(H,14,19)(H,15,16,17). The third-order valence-electron chi connectivity index (χ3n) is 3.80. The molecule has 1 saturated carbocycles. The molecule has 1 atom stereocenters. The average Bonchev–Trinajstić information content (AvgIpc) is 2.99. The van der Waals surface area contributed by atoms with Crippen LogP contribution in [0.4, 0.5) is 0 Å². The first-order chi connectivity index (χ1) is 9.69. The fourth-order valence-corrected chi connectivity index (χ4v) is 2.48. The van der Waals surface area contributed by atoms with Crippen LogP contribution in [-0.2, 0) is 11.2 Å². The number of rotatable bonds is 4. The molecule has 7 nitrogen and oxygen atoms in total. The predicted octanol–water partition coefficient (Wildman–Crippen LogP) is 0.250. The monoisotopic (exact) mass is 277 g/mol. The Labute approximate surface area is 117 Å². The first kappa shape index (κ1) is 13.1. The lowest BCUT2D eigenvalue weighted by molar-refractivity contribution is -0.125. The van der Waals surface area contributed by atoms with Gasteiger partial charge in [-0.1, -0.05) is 6.92 Å². The highest BCUT2D eigenvalue weighted by Crippen LogP contribution is 2.23. The third-order valence-corrected chi connectivity index (χ3v) is 3.80. The van der Waals surface area contributed by atoms with Crippen molar-refractivity contribution in [1.29, 1.82) is 0 Å². The number of aryl methyl sites for hydroxylation is 1. The van der Waals surface area contributed by atoms with E-state index < -0.39 is 0 Å². The summed E-state index contributed by atoms with van der Waals surface area (Å²) in [5.74, 6) is 0.554. The zero-order chi connectivity index (χ0) is 14.1. The number of nitrogens with zero attached hydrogens (tertiary/aromatic N) is 3. The molecule has 1 aliphatic carbocycles. The van der Waals surface area contributed by atoms with E-state index in [0.29, 0.717) is 24.8 Å². The molecule has 1 aromatic heterocycles. The van der Waals surface area contributed by atoms with Gasteiger partial charge in [0.2, 0.25) is 11.7 Å². The number of hydrogen-bond acceptors (Lipinski definition) is 4. The maximum absolute atomic E-state index is 12.4. The van der Waals surface area contributed by atoms with Gasteiger partial charge in [-0.05, 0) is 25.7 Å². The fourth-order valence-electron chi connectivity index (χ4n) is 2.48. The summed E-state index contributed by atoms with van der Waals surface area (Å²) in [6.07, 6.45) is 4.36. The molecule has 1 aliphatic heterocycles. The average molecular weight is 277 g/mol. The molecule has 2 aliphatic rings. The molecule has 1 aromatic rings. The number of H-pyrrole nitrogens is 1. The number of aromatic nitrogens is 3. The van der Waals surface area contributed by atoms with E-state index in [9.17, 15) is 9.59 Å². The summed E-state index contributed by atoms with van der Waals surface area (Å²) in [7, 11) is 0. The van der Waals surface area contributed by atoms with Gasteiger partial charge in [0.25, 0.3) is 5.91 Å². The molecule has 108 valence electrons. The molecule has 2 amide bonds. The zero-order valence-electron chi connectivity index (χ0n) is 11.6. The number of carbonyl (C=O) groups excluding carboxylic acids is 2. The van der Waals surface area contributed by atoms with Crippen molar-refractivity contribution in [2.24, 2.45) is 0 Å². The van der Waals surface area contributed by atoms with Crippen LogP contribution in [0.15, 0.2) is 0 Å². The summed E-state index contributed by atoms with van der Waals surface area (Å²) in [6.45, 7) is 2.54. The fraction of sp³-hybridized carbons (Fsp3) is 0.692. The molecule has 0 aromatic carbocycles. The molecular weight excluding hydrogens is 258 g/mol. The van der Waals surface area contributed by atoms with Crippen molar-refractivity contribution in [2.45, 2.75) is 51.1 Å². The second kappa shape index (κ2) is 5.22. The number of amides is 2. The quantitative estimate of drug-likeness (QED) is 0.825. The molecule has 2 N–H and O–H groups in total. The van der Waals surface area contributed by atoms with Crippen LogP contribution in [0.5, 0.6) is 0 Å². The van der Waals surface area contributed by atoms with Gasteiger partial charge in [0, 0.05) is 19.0 Å². The van der Waals surface area contributed by atoms with Gasteiger partial charge in [-0.2, -0.15) is 0 Å². The van der Waals surface area contributed by atoms with Gasteiger partial charge in [0.1, 0.15) is 11.9 Å². The van der Waals surface area contributed by atoms with Crippen LogP contribution in [0.1, 0.15) is 49.1 Å². The zero-order valence-corrected chi connectivity index (χ0v) is 11.6. The van der Waals surface area contributed by atoms with Crippen molar-refractivity contribution in [3.8, 4) is 0 Å². The van der Waals surface area contributed by atoms with Gasteiger partial charge < -0.3 is 10.2 Å². The molecular formula is C13H19N5O2. The Kier molecular flexibility index (Phi) is 3.42. The minimum absolute atomic E-state index is 0.0374. The lowest BCUT2D eigenvalue weighted by atomic mass is 10.2. The van der Waals surface area contributed by atoms with Gasteiger partial charge in [-0.25, -0.2) is 4.98 Å². The van der Waals surface area contributed by atoms with E-state index in [-0.39, 0.29) is 23.7 Å². The molecule has 0 spiro atoms. The topological polar surface area (TPSA) is 91.0 Å². The molecule has 1 saturated heterocycles. The van der Waals surface area contributed by atoms with Gasteiger partial charge in [-0.3, -0.25) is 14.7 Å². The summed E-state index contributed by atoms with van der Waals surface area (Å²) < 4.78 is 0. The van der Waals surface area contributed by atoms with E-state index in [1.54, 1.807) is 4.90 Å². The molecule has 20 heavy (non-hydrogen) atoms. The smallest absolute Gasteiger partial charge is 0.294 e. The van der Waals surface area contributed by atoms with E-state index in [0.717, 1.165) is 25.7 Å². The van der Waals surface area contributed by atoms with Gasteiger partial charge in [-0.15, -0.1) is 5.10 Å². The highest BCUT2D eigenvalue weighted by atomic mass is 16.2. The maximum Gasteiger partial charge on any atom is 0.294 e. The summed E-state index contributed by atoms with van der Waals surface area (Å²) in [5, 5.41) is 9.64. The minimum atomic E-state index is -0.369. The number of carbonyl (C=O) groups is 2. The SMILES string of the molecule is CCc1nc(C(=O)N2CCCC2C(=O)NC2CC2)n[nH]1. The molecule has 1 unspecified atom stereocenters. The highest BCUT2D eigenvalue weighted by Gasteiger charge is 2.37. The van der Waals surface area contributed by atoms with E-state index in [4.69, 9.17) is 0 Å². The summed E-state index contributed by atoms with van der Waals surface area (Å²) >= 11 is 0. The van der Waals surface area contributed by atoms with Gasteiger partial charge in [0.05, 0.1) is 0 Å². The lowest BCUT2D eigenvalue weighted by Crippen LogP contribution is -2.46. The summed E-state index contributed by atoms with van der Waals surface area (Å²) in [5.41, 5.74) is 0. The lowest BCUT2D eigenvalue weighted by Gasteiger charge is -2.22. The van der Waals surface area contributed by atoms with E-state index in [1.807, 2.05) is 6.92 Å². The van der Waals surface area contributed by atoms with Crippen LogP contribution in [-0.4, -0.2) is 50.5 Å². The van der Waals surface area contributed by atoms with Gasteiger partial charge in [0.15, 0.2) is 0 Å². The number of nitrogens with one attached hydrogen (secondary N) is 2. The molecule has 2 heterocycles. The largest absolute Gasteiger partial charge is 0.352 e. The maximum atomic E-state index is 12.4. The van der Waals surface area contributed by atoms with Crippen molar-refractivity contribution >= 4 is 11.8 Å². The van der Waals surface area contributed by atoms with Crippen molar-refractivity contribution in [1.82, 2.24) is 25.4 Å². The van der Waals surface area contributed by atoms with Crippen LogP contribution < -0.4 is 5.32 Å². The van der Waals surface area contributed by atoms with Crippen LogP contribution >= 0.6 is 0 Å². The second-order valence-electron chi connectivity index (χ2n) is 5.40. The van der Waals surface area contributed by atoms with E-state index in [2.05, 4.69) is 20.5 Å². The number of hydrogen-bond donors (Lipinski definition) is 2. The molecule has 7 heteroatoms. The molecule has 0 radical (unpaired) electrons. The van der Waals surface area contributed by atoms with Crippen molar-refractivity contribution in [3.63, 3.8) is 0 Å². The first-order valence-corrected chi connectivity index (χ1v) is 7.21. The minimum Gasteiger partial charge on any atom is -0.352 e. The van der Waals surface area contributed by atoms with Crippen LogP contribution in [0.2, 0.25) is 0 Å². The number of aromatic amines is 1. The van der Waals surface area contributed by atoms with Crippen LogP contribution in [0.25, 0.3) is 0 Å². The predicted molar refractivity (Wildman–Crippen MR) is 71.0 cm³/mol. The van der Waals surface area contributed by atoms with Crippen molar-refractivity contribution in [3.05, 3.63) is 11.6 Å². The Morgan fingerprint density at radius 2 is 2.20 bits per heavy atom. The van der Waals surface area contributed by atoms with Gasteiger partial charge >= 0.3 is 0 Å². The van der Waals surface area contributed by atoms with Crippen LogP contribution in [0, 0.1) is 0 Å². The third kappa shape index (κ3) is 2.52. The Bertz CT molecular complexity index is 523. The Morgan fingerprint density at radius 3 is 2.85 bits per heavy atom. The first-order valence-electron chi connectivity index (χ1n) is 7.21. The van der Waals surface area contributed by atoms with E-state index in [1.165, 1.54) is 0 Å². The van der Waals surface area contributed by atoms with Crippen molar-refractivity contribution in [2.75, 3.05) is 6.54 Å².